The molecule has 0 unspecified atom stereocenters. The average Bonchev–Trinajstić information content (AvgIpc) is 2.85. The van der Waals surface area contributed by atoms with Gasteiger partial charge in [-0.1, -0.05) is 11.8 Å². The van der Waals surface area contributed by atoms with Gasteiger partial charge in [0.2, 0.25) is 0 Å². The van der Waals surface area contributed by atoms with Crippen molar-refractivity contribution >= 4 is 11.6 Å². The summed E-state index contributed by atoms with van der Waals surface area (Å²) in [5, 5.41) is 11.5. The number of rotatable bonds is 3. The first kappa shape index (κ1) is 14.8. The summed E-state index contributed by atoms with van der Waals surface area (Å²) >= 11 is 0. The average molecular weight is 283 g/mol. The molecule has 21 heavy (non-hydrogen) atoms. The number of carbonyl (C=O) groups excluding carboxylic acids is 1. The van der Waals surface area contributed by atoms with Crippen molar-refractivity contribution in [3.8, 4) is 11.8 Å². The number of aromatic nitrogens is 2. The third-order valence-electron chi connectivity index (χ3n) is 2.74. The first-order chi connectivity index (χ1) is 10.1. The van der Waals surface area contributed by atoms with Crippen LogP contribution in [0.4, 0.5) is 5.69 Å². The van der Waals surface area contributed by atoms with E-state index >= 15 is 0 Å². The summed E-state index contributed by atoms with van der Waals surface area (Å²) in [7, 11) is 1.81. The molecule has 1 aromatic carbocycles. The van der Waals surface area contributed by atoms with Gasteiger partial charge in [0.1, 0.15) is 5.69 Å². The van der Waals surface area contributed by atoms with Crippen molar-refractivity contribution in [2.45, 2.75) is 13.3 Å². The number of aliphatic hydroxyl groups is 1. The van der Waals surface area contributed by atoms with E-state index in [1.54, 1.807) is 23.2 Å². The summed E-state index contributed by atoms with van der Waals surface area (Å²) in [5.74, 6) is 5.57. The Morgan fingerprint density at radius 1 is 1.43 bits per heavy atom. The van der Waals surface area contributed by atoms with E-state index in [0.29, 0.717) is 17.8 Å². The number of anilines is 1. The van der Waals surface area contributed by atoms with E-state index in [0.717, 1.165) is 11.1 Å². The normalized spacial score (nSPS) is 9.86. The van der Waals surface area contributed by atoms with Gasteiger partial charge in [-0.15, -0.1) is 0 Å². The highest BCUT2D eigenvalue weighted by molar-refractivity contribution is 6.02. The molecular formula is C16H17N3O2. The molecule has 0 radical (unpaired) electrons. The molecule has 0 atom stereocenters. The Kier molecular flexibility index (Phi) is 4.75. The van der Waals surface area contributed by atoms with E-state index in [-0.39, 0.29) is 12.5 Å². The number of aliphatic hydroxyl groups excluding tert-OH is 1. The first-order valence-electron chi connectivity index (χ1n) is 6.59. The Morgan fingerprint density at radius 2 is 2.24 bits per heavy atom. The van der Waals surface area contributed by atoms with Crippen molar-refractivity contribution in [3.63, 3.8) is 0 Å². The van der Waals surface area contributed by atoms with Gasteiger partial charge in [-0.25, -0.2) is 4.98 Å². The maximum atomic E-state index is 12.1. The van der Waals surface area contributed by atoms with E-state index in [1.165, 1.54) is 0 Å². The molecule has 0 aliphatic carbocycles. The van der Waals surface area contributed by atoms with Crippen molar-refractivity contribution in [2.24, 2.45) is 7.05 Å². The minimum atomic E-state index is -0.254. The maximum absolute atomic E-state index is 12.1. The van der Waals surface area contributed by atoms with Crippen LogP contribution in [0.2, 0.25) is 0 Å². The lowest BCUT2D eigenvalue weighted by molar-refractivity contribution is 0.102. The number of nitrogens with zero attached hydrogens (tertiary/aromatic N) is 2. The molecule has 0 saturated carbocycles. The maximum Gasteiger partial charge on any atom is 0.275 e. The van der Waals surface area contributed by atoms with Crippen molar-refractivity contribution in [2.75, 3.05) is 11.9 Å². The van der Waals surface area contributed by atoms with Crippen molar-refractivity contribution in [1.82, 2.24) is 9.55 Å². The van der Waals surface area contributed by atoms with Gasteiger partial charge in [0.25, 0.3) is 5.91 Å². The van der Waals surface area contributed by atoms with Crippen LogP contribution in [0.15, 0.2) is 30.7 Å². The van der Waals surface area contributed by atoms with Crippen LogP contribution in [-0.4, -0.2) is 27.2 Å². The molecule has 2 rings (SSSR count). The van der Waals surface area contributed by atoms with E-state index in [2.05, 4.69) is 22.1 Å². The summed E-state index contributed by atoms with van der Waals surface area (Å²) in [5.41, 5.74) is 2.85. The highest BCUT2D eigenvalue weighted by Gasteiger charge is 2.09. The van der Waals surface area contributed by atoms with Crippen LogP contribution in [-0.2, 0) is 7.05 Å². The second-order valence-corrected chi connectivity index (χ2v) is 4.74. The number of aryl methyl sites for hydroxylation is 2. The summed E-state index contributed by atoms with van der Waals surface area (Å²) in [6, 6.07) is 5.61. The Balaban J connectivity index is 2.17. The molecule has 1 amide bonds. The standard InChI is InChI=1S/C16H17N3O2/c1-12-7-13(5-3-4-6-20)9-14(8-12)18-16(21)15-10-19(2)11-17-15/h7-11,20H,4,6H2,1-2H3,(H,18,21). The van der Waals surface area contributed by atoms with Crippen LogP contribution in [0.5, 0.6) is 0 Å². The highest BCUT2D eigenvalue weighted by Crippen LogP contribution is 2.15. The summed E-state index contributed by atoms with van der Waals surface area (Å²) in [6.07, 6.45) is 3.67. The van der Waals surface area contributed by atoms with Gasteiger partial charge < -0.3 is 15.0 Å². The summed E-state index contributed by atoms with van der Waals surface area (Å²) < 4.78 is 1.72. The fourth-order valence-electron chi connectivity index (χ4n) is 1.87. The molecule has 0 fully saturated rings. The molecule has 0 aliphatic rings. The predicted octanol–water partition coefficient (Wildman–Crippen LogP) is 1.71. The third kappa shape index (κ3) is 4.20. The minimum absolute atomic E-state index is 0.0437. The molecule has 0 aliphatic heterocycles. The van der Waals surface area contributed by atoms with Crippen LogP contribution >= 0.6 is 0 Å². The number of imidazole rings is 1. The Morgan fingerprint density at radius 3 is 2.90 bits per heavy atom. The molecule has 2 N–H and O–H groups in total. The molecule has 5 nitrogen and oxygen atoms in total. The number of hydrogen-bond donors (Lipinski definition) is 2. The Labute approximate surface area is 123 Å². The van der Waals surface area contributed by atoms with Crippen LogP contribution in [0.3, 0.4) is 0 Å². The van der Waals surface area contributed by atoms with E-state index < -0.39 is 0 Å². The van der Waals surface area contributed by atoms with Gasteiger partial charge in [0.05, 0.1) is 12.9 Å². The molecule has 5 heteroatoms. The molecule has 2 aromatic rings. The molecule has 1 heterocycles. The van der Waals surface area contributed by atoms with Crippen LogP contribution < -0.4 is 5.32 Å². The summed E-state index contributed by atoms with van der Waals surface area (Å²) in [6.45, 7) is 1.98. The highest BCUT2D eigenvalue weighted by atomic mass is 16.2. The van der Waals surface area contributed by atoms with Gasteiger partial charge in [0, 0.05) is 30.9 Å². The van der Waals surface area contributed by atoms with Crippen LogP contribution in [0.1, 0.15) is 28.0 Å². The molecular weight excluding hydrogens is 266 g/mol. The van der Waals surface area contributed by atoms with Gasteiger partial charge >= 0.3 is 0 Å². The fraction of sp³-hybridized carbons (Fsp3) is 0.250. The molecule has 0 saturated heterocycles. The predicted molar refractivity (Wildman–Crippen MR) is 80.9 cm³/mol. The minimum Gasteiger partial charge on any atom is -0.395 e. The van der Waals surface area contributed by atoms with Crippen molar-refractivity contribution in [3.05, 3.63) is 47.5 Å². The molecule has 0 spiro atoms. The van der Waals surface area contributed by atoms with Gasteiger partial charge in [-0.05, 0) is 30.7 Å². The SMILES string of the molecule is Cc1cc(C#CCCO)cc(NC(=O)c2cn(C)cn2)c1. The third-order valence-corrected chi connectivity index (χ3v) is 2.74. The first-order valence-corrected chi connectivity index (χ1v) is 6.59. The van der Waals surface area contributed by atoms with Crippen molar-refractivity contribution in [1.29, 1.82) is 0 Å². The van der Waals surface area contributed by atoms with E-state index in [4.69, 9.17) is 5.11 Å². The second-order valence-electron chi connectivity index (χ2n) is 4.74. The topological polar surface area (TPSA) is 67.2 Å². The molecule has 1 aromatic heterocycles. The zero-order valence-corrected chi connectivity index (χ0v) is 12.1. The zero-order chi connectivity index (χ0) is 15.2. The lowest BCUT2D eigenvalue weighted by Crippen LogP contribution is -2.12. The molecule has 108 valence electrons. The van der Waals surface area contributed by atoms with Crippen LogP contribution in [0, 0.1) is 18.8 Å². The number of benzene rings is 1. The number of carbonyl (C=O) groups is 1. The molecule has 0 bridgehead atoms. The van der Waals surface area contributed by atoms with Gasteiger partial charge in [0.15, 0.2) is 0 Å². The van der Waals surface area contributed by atoms with E-state index in [9.17, 15) is 4.79 Å². The van der Waals surface area contributed by atoms with Crippen molar-refractivity contribution < 1.29 is 9.90 Å². The van der Waals surface area contributed by atoms with E-state index in [1.807, 2.05) is 26.1 Å². The quantitative estimate of drug-likeness (QED) is 0.843. The fourth-order valence-corrected chi connectivity index (χ4v) is 1.87. The van der Waals surface area contributed by atoms with Gasteiger partial charge in [-0.2, -0.15) is 0 Å². The number of amides is 1. The smallest absolute Gasteiger partial charge is 0.275 e. The zero-order valence-electron chi connectivity index (χ0n) is 12.1. The second kappa shape index (κ2) is 6.73. The summed E-state index contributed by atoms with van der Waals surface area (Å²) in [4.78, 5) is 16.1. The Hall–Kier alpha value is -2.58. The monoisotopic (exact) mass is 283 g/mol. The lowest BCUT2D eigenvalue weighted by atomic mass is 10.1. The van der Waals surface area contributed by atoms with Gasteiger partial charge in [-0.3, -0.25) is 4.79 Å². The number of hydrogen-bond acceptors (Lipinski definition) is 3. The van der Waals surface area contributed by atoms with Crippen LogP contribution in [0.25, 0.3) is 0 Å². The lowest BCUT2D eigenvalue weighted by Gasteiger charge is -2.05. The number of nitrogens with one attached hydrogen (secondary N) is 1. The largest absolute Gasteiger partial charge is 0.395 e. The Bertz CT molecular complexity index is 708.